The molecule has 2 N–H and O–H groups in total. The van der Waals surface area contributed by atoms with Crippen molar-refractivity contribution < 1.29 is 19.5 Å². The van der Waals surface area contributed by atoms with Crippen LogP contribution in [0.3, 0.4) is 0 Å². The Morgan fingerprint density at radius 2 is 1.83 bits per heavy atom. The molecule has 0 saturated carbocycles. The van der Waals surface area contributed by atoms with E-state index in [1.165, 1.54) is 23.5 Å². The predicted molar refractivity (Wildman–Crippen MR) is 68.7 cm³/mol. The molecule has 0 spiro atoms. The van der Waals surface area contributed by atoms with Crippen LogP contribution in [-0.2, 0) is 9.31 Å². The fourth-order valence-electron chi connectivity index (χ4n) is 1.35. The number of hydrogen-bond donors (Lipinski definition) is 2. The van der Waals surface area contributed by atoms with E-state index >= 15 is 0 Å². The second-order valence-electron chi connectivity index (χ2n) is 3.58. The van der Waals surface area contributed by atoms with E-state index in [0.717, 1.165) is 0 Å². The minimum absolute atomic E-state index is 0.325. The summed E-state index contributed by atoms with van der Waals surface area (Å²) in [5.74, 6) is -0.650. The monoisotopic (exact) mass is 312 g/mol. The van der Waals surface area contributed by atoms with Gasteiger partial charge in [0, 0.05) is 18.7 Å². The molecule has 94 valence electrons. The van der Waals surface area contributed by atoms with Gasteiger partial charge < -0.3 is 24.4 Å². The summed E-state index contributed by atoms with van der Waals surface area (Å²) in [5, 5.41) is 19.1. The standard InChI is InChI=1S/C10H10BBrN2O4/c1-14-5-9(15)17-11(18-10(16)6-14)7-2-3-8(12)13-4-7/h2-6,15-16H,1H3. The van der Waals surface area contributed by atoms with Gasteiger partial charge in [-0.25, -0.2) is 4.98 Å². The van der Waals surface area contributed by atoms with Crippen LogP contribution < -0.4 is 5.46 Å². The lowest BCUT2D eigenvalue weighted by atomic mass is 9.80. The molecule has 1 aromatic rings. The molecule has 0 aliphatic carbocycles. The van der Waals surface area contributed by atoms with Gasteiger partial charge in [0.25, 0.3) is 11.9 Å². The lowest BCUT2D eigenvalue weighted by molar-refractivity contribution is 0.124. The van der Waals surface area contributed by atoms with Crippen molar-refractivity contribution in [2.24, 2.45) is 0 Å². The van der Waals surface area contributed by atoms with Gasteiger partial charge in [0.1, 0.15) is 4.60 Å². The third-order valence-electron chi connectivity index (χ3n) is 2.11. The number of nitrogens with zero attached hydrogens (tertiary/aromatic N) is 2. The van der Waals surface area contributed by atoms with Crippen molar-refractivity contribution in [3.8, 4) is 0 Å². The van der Waals surface area contributed by atoms with Crippen molar-refractivity contribution in [1.82, 2.24) is 9.88 Å². The van der Waals surface area contributed by atoms with E-state index in [0.29, 0.717) is 10.1 Å². The second kappa shape index (κ2) is 5.22. The fraction of sp³-hybridized carbons (Fsp3) is 0.100. The van der Waals surface area contributed by atoms with Crippen LogP contribution in [0.25, 0.3) is 0 Å². The number of aliphatic hydroxyl groups excluding tert-OH is 2. The van der Waals surface area contributed by atoms with E-state index in [1.54, 1.807) is 19.2 Å². The van der Waals surface area contributed by atoms with Crippen LogP contribution in [-0.4, -0.2) is 34.3 Å². The number of aromatic nitrogens is 1. The minimum atomic E-state index is -0.966. The zero-order valence-electron chi connectivity index (χ0n) is 9.45. The number of aliphatic hydroxyl groups is 2. The van der Waals surface area contributed by atoms with Crippen LogP contribution in [0, 0.1) is 0 Å². The first kappa shape index (κ1) is 12.6. The van der Waals surface area contributed by atoms with E-state index < -0.39 is 7.12 Å². The largest absolute Gasteiger partial charge is 0.638 e. The average Bonchev–Trinajstić information content (AvgIpc) is 2.26. The Morgan fingerprint density at radius 1 is 1.22 bits per heavy atom. The highest BCUT2D eigenvalue weighted by atomic mass is 79.9. The van der Waals surface area contributed by atoms with Crippen molar-refractivity contribution in [2.45, 2.75) is 0 Å². The van der Waals surface area contributed by atoms with Crippen LogP contribution in [0.15, 0.2) is 47.2 Å². The van der Waals surface area contributed by atoms with Crippen molar-refractivity contribution in [3.63, 3.8) is 0 Å². The highest BCUT2D eigenvalue weighted by Gasteiger charge is 2.30. The van der Waals surface area contributed by atoms with E-state index in [2.05, 4.69) is 20.9 Å². The zero-order chi connectivity index (χ0) is 13.1. The summed E-state index contributed by atoms with van der Waals surface area (Å²) in [5.41, 5.74) is 0.558. The predicted octanol–water partition coefficient (Wildman–Crippen LogP) is 1.23. The number of halogens is 1. The molecule has 0 unspecified atom stereocenters. The van der Waals surface area contributed by atoms with Gasteiger partial charge in [0.15, 0.2) is 0 Å². The maximum Gasteiger partial charge on any atom is 0.638 e. The fourth-order valence-corrected chi connectivity index (χ4v) is 1.59. The molecule has 0 atom stereocenters. The molecule has 0 saturated heterocycles. The average molecular weight is 313 g/mol. The maximum absolute atomic E-state index is 9.53. The van der Waals surface area contributed by atoms with E-state index in [9.17, 15) is 10.2 Å². The Bertz CT molecular complexity index is 469. The van der Waals surface area contributed by atoms with E-state index in [4.69, 9.17) is 9.31 Å². The Kier molecular flexibility index (Phi) is 3.66. The molecular weight excluding hydrogens is 303 g/mol. The Morgan fingerprint density at radius 3 is 2.33 bits per heavy atom. The molecule has 6 nitrogen and oxygen atoms in total. The topological polar surface area (TPSA) is 75.1 Å². The zero-order valence-corrected chi connectivity index (χ0v) is 11.0. The molecule has 0 amide bonds. The van der Waals surface area contributed by atoms with Gasteiger partial charge in [-0.2, -0.15) is 0 Å². The summed E-state index contributed by atoms with van der Waals surface area (Å²) < 4.78 is 11.0. The van der Waals surface area contributed by atoms with Crippen molar-refractivity contribution in [3.05, 3.63) is 47.2 Å². The Labute approximate surface area is 112 Å². The van der Waals surface area contributed by atoms with Crippen LogP contribution in [0.1, 0.15) is 0 Å². The molecule has 0 radical (unpaired) electrons. The van der Waals surface area contributed by atoms with Crippen LogP contribution >= 0.6 is 15.9 Å². The molecule has 1 aliphatic heterocycles. The lowest BCUT2D eigenvalue weighted by Crippen LogP contribution is -2.38. The van der Waals surface area contributed by atoms with Crippen molar-refractivity contribution in [2.75, 3.05) is 7.05 Å². The quantitative estimate of drug-likeness (QED) is 0.600. The molecule has 0 bridgehead atoms. The molecule has 0 aromatic carbocycles. The summed E-state index contributed by atoms with van der Waals surface area (Å²) in [7, 11) is 0.646. The van der Waals surface area contributed by atoms with Gasteiger partial charge in [-0.3, -0.25) is 0 Å². The first-order chi connectivity index (χ1) is 8.54. The lowest BCUT2D eigenvalue weighted by Gasteiger charge is -2.20. The summed E-state index contributed by atoms with van der Waals surface area (Å²) in [6, 6.07) is 3.40. The van der Waals surface area contributed by atoms with Gasteiger partial charge in [-0.1, -0.05) is 6.07 Å². The van der Waals surface area contributed by atoms with Gasteiger partial charge in [-0.05, 0) is 22.0 Å². The summed E-state index contributed by atoms with van der Waals surface area (Å²) in [4.78, 5) is 5.42. The minimum Gasteiger partial charge on any atom is -0.494 e. The number of pyridine rings is 1. The molecule has 2 heterocycles. The highest BCUT2D eigenvalue weighted by Crippen LogP contribution is 2.10. The van der Waals surface area contributed by atoms with E-state index in [1.807, 2.05) is 0 Å². The Balaban J connectivity index is 2.26. The van der Waals surface area contributed by atoms with Gasteiger partial charge in [0.05, 0.1) is 12.4 Å². The third-order valence-corrected chi connectivity index (χ3v) is 2.58. The smallest absolute Gasteiger partial charge is 0.494 e. The molecule has 2 rings (SSSR count). The highest BCUT2D eigenvalue weighted by molar-refractivity contribution is 9.10. The SMILES string of the molecule is CN1C=C(O)OB(c2ccc(Br)nc2)OC(O)=C1. The van der Waals surface area contributed by atoms with Gasteiger partial charge in [0.2, 0.25) is 0 Å². The van der Waals surface area contributed by atoms with Crippen molar-refractivity contribution in [1.29, 1.82) is 0 Å². The van der Waals surface area contributed by atoms with Crippen LogP contribution in [0.4, 0.5) is 0 Å². The summed E-state index contributed by atoms with van der Waals surface area (Å²) in [6.45, 7) is 0. The maximum atomic E-state index is 9.53. The second-order valence-corrected chi connectivity index (χ2v) is 4.39. The van der Waals surface area contributed by atoms with Gasteiger partial charge in [-0.15, -0.1) is 0 Å². The van der Waals surface area contributed by atoms with E-state index in [-0.39, 0.29) is 11.9 Å². The molecule has 1 aromatic heterocycles. The summed E-state index contributed by atoms with van der Waals surface area (Å²) in [6.07, 6.45) is 4.12. The molecule has 0 fully saturated rings. The summed E-state index contributed by atoms with van der Waals surface area (Å²) >= 11 is 3.21. The normalized spacial score (nSPS) is 15.9. The van der Waals surface area contributed by atoms with Crippen LogP contribution in [0.2, 0.25) is 0 Å². The van der Waals surface area contributed by atoms with Crippen LogP contribution in [0.5, 0.6) is 0 Å². The van der Waals surface area contributed by atoms with Crippen molar-refractivity contribution >= 4 is 28.5 Å². The van der Waals surface area contributed by atoms with Gasteiger partial charge >= 0.3 is 7.12 Å². The Hall–Kier alpha value is -1.83. The first-order valence-electron chi connectivity index (χ1n) is 5.03. The molecule has 18 heavy (non-hydrogen) atoms. The molecule has 1 aliphatic rings. The third kappa shape index (κ3) is 3.10. The molecule has 8 heteroatoms. The number of rotatable bonds is 1. The molecular formula is C10H10BBrN2O4. The first-order valence-corrected chi connectivity index (χ1v) is 5.82. The number of hydrogen-bond acceptors (Lipinski definition) is 6.